The van der Waals surface area contributed by atoms with Crippen LogP contribution in [0.3, 0.4) is 0 Å². The number of aliphatic carboxylic acids is 1. The quantitative estimate of drug-likeness (QED) is 0.444. The molecule has 114 valence electrons. The van der Waals surface area contributed by atoms with Crippen LogP contribution < -0.4 is 5.32 Å². The van der Waals surface area contributed by atoms with Crippen molar-refractivity contribution in [2.45, 2.75) is 38.1 Å². The summed E-state index contributed by atoms with van der Waals surface area (Å²) in [5.74, 6) is -0.926. The number of hydrogen-bond acceptors (Lipinski definition) is 4. The molecule has 0 bridgehead atoms. The van der Waals surface area contributed by atoms with Gasteiger partial charge in [0.25, 0.3) is 5.69 Å². The van der Waals surface area contributed by atoms with Crippen molar-refractivity contribution in [3.63, 3.8) is 0 Å². The van der Waals surface area contributed by atoms with E-state index < -0.39 is 16.9 Å². The van der Waals surface area contributed by atoms with Gasteiger partial charge in [0.2, 0.25) is 0 Å². The second-order valence-corrected chi connectivity index (χ2v) is 6.52. The first-order valence-electron chi connectivity index (χ1n) is 6.92. The van der Waals surface area contributed by atoms with E-state index in [-0.39, 0.29) is 17.3 Å². The maximum atomic E-state index is 11.5. The summed E-state index contributed by atoms with van der Waals surface area (Å²) in [5, 5.41) is 23.4. The standard InChI is InChI=1S/C14H17IN2O4/c15-10-6-7-11(12(8-10)17(20)21)16-13(14(18)19)9-4-2-1-3-5-9/h6-9,13,16H,1-5H2,(H,18,19). The molecule has 1 aliphatic carbocycles. The van der Waals surface area contributed by atoms with E-state index in [4.69, 9.17) is 0 Å². The lowest BCUT2D eigenvalue weighted by molar-refractivity contribution is -0.384. The third-order valence-electron chi connectivity index (χ3n) is 3.85. The van der Waals surface area contributed by atoms with Gasteiger partial charge in [-0.15, -0.1) is 0 Å². The van der Waals surface area contributed by atoms with Gasteiger partial charge in [0.15, 0.2) is 0 Å². The predicted molar refractivity (Wildman–Crippen MR) is 87.4 cm³/mol. The van der Waals surface area contributed by atoms with Crippen LogP contribution in [0.4, 0.5) is 11.4 Å². The third-order valence-corrected chi connectivity index (χ3v) is 4.53. The molecular formula is C14H17IN2O4. The van der Waals surface area contributed by atoms with Gasteiger partial charge >= 0.3 is 5.97 Å². The van der Waals surface area contributed by atoms with E-state index in [1.165, 1.54) is 6.07 Å². The summed E-state index contributed by atoms with van der Waals surface area (Å²) in [6.07, 6.45) is 4.87. The highest BCUT2D eigenvalue weighted by molar-refractivity contribution is 14.1. The Kier molecular flexibility index (Phi) is 5.38. The molecule has 0 amide bonds. The van der Waals surface area contributed by atoms with Crippen LogP contribution in [0, 0.1) is 19.6 Å². The minimum atomic E-state index is -0.949. The van der Waals surface area contributed by atoms with Gasteiger partial charge in [-0.2, -0.15) is 0 Å². The lowest BCUT2D eigenvalue weighted by atomic mass is 9.84. The molecule has 1 atom stereocenters. The van der Waals surface area contributed by atoms with Crippen molar-refractivity contribution >= 4 is 39.9 Å². The summed E-state index contributed by atoms with van der Waals surface area (Å²) in [6, 6.07) is 3.99. The molecule has 0 heterocycles. The smallest absolute Gasteiger partial charge is 0.326 e. The van der Waals surface area contributed by atoms with E-state index in [0.717, 1.165) is 35.7 Å². The van der Waals surface area contributed by atoms with Gasteiger partial charge in [-0.25, -0.2) is 4.79 Å². The number of benzene rings is 1. The minimum Gasteiger partial charge on any atom is -0.480 e. The Balaban J connectivity index is 2.24. The monoisotopic (exact) mass is 404 g/mol. The molecule has 1 unspecified atom stereocenters. The Morgan fingerprint density at radius 3 is 2.62 bits per heavy atom. The molecule has 1 saturated carbocycles. The van der Waals surface area contributed by atoms with Crippen LogP contribution in [0.2, 0.25) is 0 Å². The molecule has 2 rings (SSSR count). The fourth-order valence-corrected chi connectivity index (χ4v) is 3.27. The first-order chi connectivity index (χ1) is 9.99. The molecule has 1 aromatic rings. The molecule has 6 nitrogen and oxygen atoms in total. The summed E-state index contributed by atoms with van der Waals surface area (Å²) in [5.41, 5.74) is 0.197. The number of nitro benzene ring substituents is 1. The topological polar surface area (TPSA) is 92.5 Å². The number of hydrogen-bond donors (Lipinski definition) is 2. The number of rotatable bonds is 5. The number of nitrogens with zero attached hydrogens (tertiary/aromatic N) is 1. The highest BCUT2D eigenvalue weighted by Crippen LogP contribution is 2.32. The molecule has 21 heavy (non-hydrogen) atoms. The zero-order chi connectivity index (χ0) is 15.4. The summed E-state index contributed by atoms with van der Waals surface area (Å²) in [4.78, 5) is 22.2. The summed E-state index contributed by atoms with van der Waals surface area (Å²) < 4.78 is 0.745. The normalized spacial score (nSPS) is 17.2. The average molecular weight is 404 g/mol. The van der Waals surface area contributed by atoms with Crippen LogP contribution in [0.15, 0.2) is 18.2 Å². The molecule has 1 aromatic carbocycles. The Morgan fingerprint density at radius 2 is 2.05 bits per heavy atom. The molecule has 0 aliphatic heterocycles. The SMILES string of the molecule is O=C(O)C(Nc1ccc(I)cc1[N+](=O)[O-])C1CCCCC1. The number of carbonyl (C=O) groups is 1. The van der Waals surface area contributed by atoms with Gasteiger partial charge in [-0.05, 0) is 53.5 Å². The van der Waals surface area contributed by atoms with E-state index in [1.54, 1.807) is 12.1 Å². The van der Waals surface area contributed by atoms with Crippen molar-refractivity contribution in [2.75, 3.05) is 5.32 Å². The summed E-state index contributed by atoms with van der Waals surface area (Å²) in [6.45, 7) is 0. The second-order valence-electron chi connectivity index (χ2n) is 5.28. The number of carboxylic acids is 1. The van der Waals surface area contributed by atoms with Crippen LogP contribution in [0.5, 0.6) is 0 Å². The highest BCUT2D eigenvalue weighted by Gasteiger charge is 2.31. The fourth-order valence-electron chi connectivity index (χ4n) is 2.79. The largest absolute Gasteiger partial charge is 0.480 e. The van der Waals surface area contributed by atoms with Gasteiger partial charge in [0, 0.05) is 9.64 Å². The Labute approximate surface area is 136 Å². The van der Waals surface area contributed by atoms with Crippen LogP contribution >= 0.6 is 22.6 Å². The Bertz CT molecular complexity index is 544. The minimum absolute atomic E-state index is 0.0233. The average Bonchev–Trinajstić information content (AvgIpc) is 2.46. The first kappa shape index (κ1) is 16.0. The zero-order valence-corrected chi connectivity index (χ0v) is 13.6. The third kappa shape index (κ3) is 4.05. The van der Waals surface area contributed by atoms with Gasteiger partial charge in [0.05, 0.1) is 4.92 Å². The van der Waals surface area contributed by atoms with Gasteiger partial charge in [0.1, 0.15) is 11.7 Å². The molecule has 7 heteroatoms. The van der Waals surface area contributed by atoms with Gasteiger partial charge < -0.3 is 10.4 Å². The second kappa shape index (κ2) is 7.06. The zero-order valence-electron chi connectivity index (χ0n) is 11.4. The van der Waals surface area contributed by atoms with Crippen LogP contribution in [-0.4, -0.2) is 22.0 Å². The molecule has 0 spiro atoms. The van der Waals surface area contributed by atoms with Crippen molar-refractivity contribution in [1.29, 1.82) is 0 Å². The van der Waals surface area contributed by atoms with Crippen LogP contribution in [0.25, 0.3) is 0 Å². The predicted octanol–water partition coefficient (Wildman–Crippen LogP) is 3.64. The van der Waals surface area contributed by atoms with Crippen molar-refractivity contribution < 1.29 is 14.8 Å². The van der Waals surface area contributed by atoms with E-state index in [0.29, 0.717) is 0 Å². The van der Waals surface area contributed by atoms with Crippen LogP contribution in [0.1, 0.15) is 32.1 Å². The lowest BCUT2D eigenvalue weighted by Crippen LogP contribution is -2.38. The maximum Gasteiger partial charge on any atom is 0.326 e. The molecule has 1 aliphatic rings. The van der Waals surface area contributed by atoms with Crippen molar-refractivity contribution in [2.24, 2.45) is 5.92 Å². The van der Waals surface area contributed by atoms with E-state index >= 15 is 0 Å². The molecule has 0 aromatic heterocycles. The molecule has 2 N–H and O–H groups in total. The molecule has 1 fully saturated rings. The number of halogens is 1. The fraction of sp³-hybridized carbons (Fsp3) is 0.500. The Morgan fingerprint density at radius 1 is 1.38 bits per heavy atom. The summed E-state index contributed by atoms with van der Waals surface area (Å²) >= 11 is 2.00. The number of nitrogens with one attached hydrogen (secondary N) is 1. The van der Waals surface area contributed by atoms with Gasteiger partial charge in [-0.3, -0.25) is 10.1 Å². The van der Waals surface area contributed by atoms with Gasteiger partial charge in [-0.1, -0.05) is 19.3 Å². The van der Waals surface area contributed by atoms with Crippen molar-refractivity contribution in [1.82, 2.24) is 0 Å². The van der Waals surface area contributed by atoms with E-state index in [2.05, 4.69) is 5.32 Å². The maximum absolute atomic E-state index is 11.5. The summed E-state index contributed by atoms with van der Waals surface area (Å²) in [7, 11) is 0. The van der Waals surface area contributed by atoms with Crippen molar-refractivity contribution in [3.05, 3.63) is 31.9 Å². The van der Waals surface area contributed by atoms with E-state index in [9.17, 15) is 20.0 Å². The number of anilines is 1. The number of carboxylic acid groups (broad SMARTS) is 1. The molecule has 0 saturated heterocycles. The van der Waals surface area contributed by atoms with E-state index in [1.807, 2.05) is 22.6 Å². The highest BCUT2D eigenvalue weighted by atomic mass is 127. The lowest BCUT2D eigenvalue weighted by Gasteiger charge is -2.28. The number of nitro groups is 1. The Hall–Kier alpha value is -1.38. The van der Waals surface area contributed by atoms with Crippen LogP contribution in [-0.2, 0) is 4.79 Å². The molecular weight excluding hydrogens is 387 g/mol. The van der Waals surface area contributed by atoms with Crippen molar-refractivity contribution in [3.8, 4) is 0 Å². The molecule has 0 radical (unpaired) electrons. The first-order valence-corrected chi connectivity index (χ1v) is 8.00.